The quantitative estimate of drug-likeness (QED) is 0.168. The van der Waals surface area contributed by atoms with Crippen molar-refractivity contribution in [3.05, 3.63) is 243 Å². The molecule has 0 radical (unpaired) electrons. The number of hydrogen-bond acceptors (Lipinski definition) is 1. The van der Waals surface area contributed by atoms with Crippen molar-refractivity contribution in [1.29, 1.82) is 0 Å². The third kappa shape index (κ3) is 5.81. The van der Waals surface area contributed by atoms with E-state index in [2.05, 4.69) is 261 Å². The molecule has 4 nitrogen and oxygen atoms in total. The zero-order valence-corrected chi connectivity index (χ0v) is 38.1. The second-order valence-corrected chi connectivity index (χ2v) is 19.3. The predicted molar refractivity (Wildman–Crippen MR) is 294 cm³/mol. The van der Waals surface area contributed by atoms with Gasteiger partial charge in [0.2, 0.25) is 0 Å². The molecule has 5 heteroatoms. The minimum atomic E-state index is 1.09. The van der Waals surface area contributed by atoms with Gasteiger partial charge in [-0.3, -0.25) is 0 Å². The first-order chi connectivity index (χ1) is 34.2. The van der Waals surface area contributed by atoms with Crippen LogP contribution in [0, 0.1) is 0 Å². The molecule has 0 spiro atoms. The van der Waals surface area contributed by atoms with Gasteiger partial charge in [-0.1, -0.05) is 121 Å². The Morgan fingerprint density at radius 3 is 1.49 bits per heavy atom. The molecule has 69 heavy (non-hydrogen) atoms. The van der Waals surface area contributed by atoms with Gasteiger partial charge in [0, 0.05) is 86.2 Å². The van der Waals surface area contributed by atoms with Crippen molar-refractivity contribution in [2.75, 3.05) is 0 Å². The molecule has 0 unspecified atom stereocenters. The van der Waals surface area contributed by atoms with E-state index in [0.29, 0.717) is 0 Å². The van der Waals surface area contributed by atoms with Crippen LogP contribution in [0.5, 0.6) is 0 Å². The Hall–Kier alpha value is -8.90. The lowest BCUT2D eigenvalue weighted by atomic mass is 10.1. The fourth-order valence-corrected chi connectivity index (χ4v) is 12.4. The maximum absolute atomic E-state index is 2.45. The van der Waals surface area contributed by atoms with Gasteiger partial charge in [-0.05, 0) is 137 Å². The zero-order valence-electron chi connectivity index (χ0n) is 37.3. The molecular weight excluding hydrogens is 857 g/mol. The van der Waals surface area contributed by atoms with Crippen LogP contribution in [0.2, 0.25) is 0 Å². The number of aromatic nitrogens is 4. The maximum atomic E-state index is 2.45. The summed E-state index contributed by atoms with van der Waals surface area (Å²) in [5.74, 6) is 0. The predicted octanol–water partition coefficient (Wildman–Crippen LogP) is 17.6. The zero-order chi connectivity index (χ0) is 45.2. The molecule has 0 N–H and O–H groups in total. The number of nitrogens with zero attached hydrogens (tertiary/aromatic N) is 4. The highest BCUT2D eigenvalue weighted by Crippen LogP contribution is 2.40. The van der Waals surface area contributed by atoms with Crippen molar-refractivity contribution in [3.8, 4) is 22.7 Å². The smallest absolute Gasteiger partial charge is 0.0542 e. The van der Waals surface area contributed by atoms with Gasteiger partial charge in [0.1, 0.15) is 0 Å². The molecule has 0 aliphatic rings. The van der Waals surface area contributed by atoms with E-state index in [9.17, 15) is 0 Å². The fraction of sp³-hybridized carbons (Fsp3) is 0. The van der Waals surface area contributed by atoms with E-state index >= 15 is 0 Å². The van der Waals surface area contributed by atoms with Crippen molar-refractivity contribution < 1.29 is 0 Å². The molecule has 15 rings (SSSR count). The molecular formula is C64H40N4S. The average Bonchev–Trinajstić information content (AvgIpc) is 4.06. The van der Waals surface area contributed by atoms with Gasteiger partial charge < -0.3 is 18.3 Å². The summed E-state index contributed by atoms with van der Waals surface area (Å²) in [4.78, 5) is 0. The molecule has 4 heterocycles. The Kier molecular flexibility index (Phi) is 8.20. The first kappa shape index (κ1) is 38.2. The third-order valence-electron chi connectivity index (χ3n) is 14.3. The van der Waals surface area contributed by atoms with Gasteiger partial charge in [-0.2, -0.15) is 0 Å². The number of hydrogen-bond donors (Lipinski definition) is 0. The van der Waals surface area contributed by atoms with E-state index in [0.717, 1.165) is 60.9 Å². The summed E-state index contributed by atoms with van der Waals surface area (Å²) >= 11 is 1.86. The summed E-state index contributed by atoms with van der Waals surface area (Å²) in [5, 5.41) is 12.2. The lowest BCUT2D eigenvalue weighted by Gasteiger charge is -2.14. The van der Waals surface area contributed by atoms with Gasteiger partial charge in [-0.15, -0.1) is 11.3 Å². The standard InChI is InChI=1S/C64H40N4S/c1-2-17-44(18-3-1)67-60-32-28-48-38-56(60)57-39-49(29-33-61(57)67)66(50-27-31-54-53-23-7-9-26-63(53)69-64(54)40-50)46-20-11-16-43(36-46)42-15-10-19-45(35-42)65(48)47-30-34-62-55(37-47)52-22-6-8-24-59(52)68(62)58-25-12-14-41-13-4-5-21-51(41)58/h1-40H. The van der Waals surface area contributed by atoms with Crippen LogP contribution < -0.4 is 0 Å². The second kappa shape index (κ2) is 14.8. The summed E-state index contributed by atoms with van der Waals surface area (Å²) in [6.07, 6.45) is 0. The average molecular weight is 897 g/mol. The molecule has 322 valence electrons. The SMILES string of the molecule is c1ccc(-n2c3ccc4cc3c3cc(ccc32)n(-c2ccc3c(c2)c2ccccc2n3-c2cccc3ccccc23)c2cccc(c2)c2cccc(c2)n4-c2ccc3c(c2)sc2ccccc23)cc1. The Bertz CT molecular complexity index is 4670. The highest BCUT2D eigenvalue weighted by atomic mass is 32.1. The molecule has 4 aromatic heterocycles. The molecule has 15 aromatic rings. The van der Waals surface area contributed by atoms with E-state index in [1.54, 1.807) is 0 Å². The van der Waals surface area contributed by atoms with Crippen LogP contribution in [0.4, 0.5) is 0 Å². The van der Waals surface area contributed by atoms with E-state index in [4.69, 9.17) is 0 Å². The first-order valence-electron chi connectivity index (χ1n) is 23.6. The molecule has 0 aliphatic heterocycles. The van der Waals surface area contributed by atoms with E-state index < -0.39 is 0 Å². The van der Waals surface area contributed by atoms with Gasteiger partial charge in [0.25, 0.3) is 0 Å². The molecule has 0 fully saturated rings. The number of rotatable bonds is 4. The van der Waals surface area contributed by atoms with Gasteiger partial charge in [0.05, 0.1) is 27.8 Å². The van der Waals surface area contributed by atoms with Gasteiger partial charge in [0.15, 0.2) is 0 Å². The van der Waals surface area contributed by atoms with Crippen molar-refractivity contribution in [2.45, 2.75) is 0 Å². The van der Waals surface area contributed by atoms with E-state index in [1.807, 2.05) is 11.3 Å². The van der Waals surface area contributed by atoms with Gasteiger partial charge >= 0.3 is 0 Å². The topological polar surface area (TPSA) is 19.7 Å². The van der Waals surface area contributed by atoms with Crippen molar-refractivity contribution >= 4 is 119 Å². The largest absolute Gasteiger partial charge is 0.310 e. The minimum Gasteiger partial charge on any atom is -0.310 e. The molecule has 11 aromatic carbocycles. The van der Waals surface area contributed by atoms with Crippen LogP contribution in [0.25, 0.3) is 130 Å². The van der Waals surface area contributed by atoms with Crippen LogP contribution >= 0.6 is 11.3 Å². The van der Waals surface area contributed by atoms with Crippen LogP contribution in [0.3, 0.4) is 0 Å². The Morgan fingerprint density at radius 1 is 0.232 bits per heavy atom. The molecule has 0 aliphatic carbocycles. The first-order valence-corrected chi connectivity index (χ1v) is 24.4. The highest BCUT2D eigenvalue weighted by molar-refractivity contribution is 7.25. The summed E-state index contributed by atoms with van der Waals surface area (Å²) in [7, 11) is 0. The van der Waals surface area contributed by atoms with E-state index in [1.165, 1.54) is 69.2 Å². The fourth-order valence-electron chi connectivity index (χ4n) is 11.3. The Balaban J connectivity index is 1.06. The van der Waals surface area contributed by atoms with Crippen LogP contribution in [0.1, 0.15) is 0 Å². The molecule has 8 bridgehead atoms. The lowest BCUT2D eigenvalue weighted by Crippen LogP contribution is -1.98. The van der Waals surface area contributed by atoms with Crippen LogP contribution in [-0.4, -0.2) is 18.3 Å². The van der Waals surface area contributed by atoms with E-state index in [-0.39, 0.29) is 0 Å². The maximum Gasteiger partial charge on any atom is 0.0542 e. The van der Waals surface area contributed by atoms with Crippen molar-refractivity contribution in [3.63, 3.8) is 0 Å². The van der Waals surface area contributed by atoms with Crippen molar-refractivity contribution in [1.82, 2.24) is 18.3 Å². The van der Waals surface area contributed by atoms with Crippen LogP contribution in [-0.2, 0) is 0 Å². The molecule has 0 atom stereocenters. The number of thiophene rings is 1. The summed E-state index contributed by atoms with van der Waals surface area (Å²) in [6, 6.07) is 89.9. The highest BCUT2D eigenvalue weighted by Gasteiger charge is 2.18. The second-order valence-electron chi connectivity index (χ2n) is 18.2. The third-order valence-corrected chi connectivity index (χ3v) is 15.5. The van der Waals surface area contributed by atoms with Crippen LogP contribution in [0.15, 0.2) is 243 Å². The Morgan fingerprint density at radius 2 is 0.739 bits per heavy atom. The normalized spacial score (nSPS) is 12.1. The summed E-state index contributed by atoms with van der Waals surface area (Å²) < 4.78 is 12.3. The number of benzene rings is 11. The summed E-state index contributed by atoms with van der Waals surface area (Å²) in [6.45, 7) is 0. The van der Waals surface area contributed by atoms with Crippen molar-refractivity contribution in [2.24, 2.45) is 0 Å². The number of fused-ring (bicyclic) bond motifs is 14. The lowest BCUT2D eigenvalue weighted by molar-refractivity contribution is 1.15. The summed E-state index contributed by atoms with van der Waals surface area (Å²) in [5.41, 5.74) is 13.6. The molecule has 0 saturated carbocycles. The molecule has 0 saturated heterocycles. The van der Waals surface area contributed by atoms with Gasteiger partial charge in [-0.25, -0.2) is 0 Å². The number of para-hydroxylation sites is 2. The minimum absolute atomic E-state index is 1.09. The molecule has 0 amide bonds. The monoisotopic (exact) mass is 896 g/mol. The Labute approximate surface area is 400 Å².